The molecule has 3 amide bonds. The number of nitrogens with one attached hydrogen (secondary N) is 2. The molecule has 2 N–H and O–H groups in total. The predicted octanol–water partition coefficient (Wildman–Crippen LogP) is 2.41. The molecule has 0 radical (unpaired) electrons. The minimum Gasteiger partial charge on any atom is -0.490 e. The topological polar surface area (TPSA) is 110 Å². The maximum absolute atomic E-state index is 12.4. The maximum atomic E-state index is 12.4. The summed E-state index contributed by atoms with van der Waals surface area (Å²) < 4.78 is 17.2. The molecule has 2 saturated heterocycles. The molecular formula is C22H24BrN3O6. The van der Waals surface area contributed by atoms with Gasteiger partial charge in [0, 0.05) is 25.1 Å². The molecular weight excluding hydrogens is 482 g/mol. The summed E-state index contributed by atoms with van der Waals surface area (Å²) in [5.41, 5.74) is 5.17. The third-order valence-corrected chi connectivity index (χ3v) is 6.07. The lowest BCUT2D eigenvalue weighted by molar-refractivity contribution is -0.129. The van der Waals surface area contributed by atoms with Crippen molar-refractivity contribution >= 4 is 33.7 Å². The number of amides is 3. The van der Waals surface area contributed by atoms with Gasteiger partial charge in [-0.05, 0) is 59.1 Å². The van der Waals surface area contributed by atoms with Crippen LogP contribution in [0.15, 0.2) is 45.5 Å². The van der Waals surface area contributed by atoms with Crippen molar-refractivity contribution in [2.45, 2.75) is 31.9 Å². The molecule has 9 nitrogen and oxygen atoms in total. The summed E-state index contributed by atoms with van der Waals surface area (Å²) in [6.07, 6.45) is 3.74. The van der Waals surface area contributed by atoms with E-state index in [0.717, 1.165) is 19.4 Å². The van der Waals surface area contributed by atoms with Gasteiger partial charge < -0.3 is 18.8 Å². The SMILES string of the molecule is O=C(NNC(=O)C1CC(=O)N(Cc2ccco2)C1)c1ccc(OCC2CCCO2)c(Br)c1. The molecule has 0 aliphatic carbocycles. The summed E-state index contributed by atoms with van der Waals surface area (Å²) in [6.45, 7) is 1.80. The van der Waals surface area contributed by atoms with Crippen molar-refractivity contribution in [3.63, 3.8) is 0 Å². The van der Waals surface area contributed by atoms with Gasteiger partial charge in [-0.25, -0.2) is 0 Å². The van der Waals surface area contributed by atoms with Crippen LogP contribution in [-0.2, 0) is 20.9 Å². The van der Waals surface area contributed by atoms with Crippen LogP contribution in [0.5, 0.6) is 5.75 Å². The summed E-state index contributed by atoms with van der Waals surface area (Å²) >= 11 is 3.41. The van der Waals surface area contributed by atoms with Gasteiger partial charge in [0.05, 0.1) is 29.3 Å². The second kappa shape index (κ2) is 10.2. The van der Waals surface area contributed by atoms with Crippen LogP contribution in [0.2, 0.25) is 0 Å². The Bertz CT molecular complexity index is 974. The Balaban J connectivity index is 1.25. The van der Waals surface area contributed by atoms with Gasteiger partial charge in [0.2, 0.25) is 11.8 Å². The summed E-state index contributed by atoms with van der Waals surface area (Å²) in [4.78, 5) is 38.6. The Kier molecular flexibility index (Phi) is 7.11. The molecule has 2 unspecified atom stereocenters. The molecule has 0 spiro atoms. The average molecular weight is 506 g/mol. The van der Waals surface area contributed by atoms with Gasteiger partial charge in [-0.15, -0.1) is 0 Å². The highest BCUT2D eigenvalue weighted by Gasteiger charge is 2.34. The molecule has 2 aliphatic rings. The highest BCUT2D eigenvalue weighted by atomic mass is 79.9. The minimum atomic E-state index is -0.543. The summed E-state index contributed by atoms with van der Waals surface area (Å²) in [7, 11) is 0. The molecule has 2 fully saturated rings. The second-order valence-corrected chi connectivity index (χ2v) is 8.64. The van der Waals surface area contributed by atoms with Gasteiger partial charge in [-0.1, -0.05) is 0 Å². The molecule has 2 aliphatic heterocycles. The van der Waals surface area contributed by atoms with Crippen LogP contribution in [0.3, 0.4) is 0 Å². The average Bonchev–Trinajstić information content (AvgIpc) is 3.55. The molecule has 170 valence electrons. The van der Waals surface area contributed by atoms with Crippen LogP contribution in [0, 0.1) is 5.92 Å². The van der Waals surface area contributed by atoms with E-state index >= 15 is 0 Å². The van der Waals surface area contributed by atoms with E-state index in [1.807, 2.05) is 0 Å². The zero-order valence-electron chi connectivity index (χ0n) is 17.3. The van der Waals surface area contributed by atoms with E-state index in [-0.39, 0.29) is 25.0 Å². The number of likely N-dealkylation sites (tertiary alicyclic amines) is 1. The fourth-order valence-electron chi connectivity index (χ4n) is 3.70. The molecule has 4 rings (SSSR count). The lowest BCUT2D eigenvalue weighted by Crippen LogP contribution is -2.45. The first-order valence-corrected chi connectivity index (χ1v) is 11.2. The number of ether oxygens (including phenoxy) is 2. The van der Waals surface area contributed by atoms with Crippen molar-refractivity contribution in [2.75, 3.05) is 19.8 Å². The Hall–Kier alpha value is -2.85. The minimum absolute atomic E-state index is 0.0880. The monoisotopic (exact) mass is 505 g/mol. The number of carbonyl (C=O) groups is 3. The van der Waals surface area contributed by atoms with Crippen molar-refractivity contribution in [1.82, 2.24) is 15.8 Å². The molecule has 2 aromatic rings. The van der Waals surface area contributed by atoms with Gasteiger partial charge >= 0.3 is 0 Å². The molecule has 3 heterocycles. The van der Waals surface area contributed by atoms with Crippen LogP contribution < -0.4 is 15.6 Å². The predicted molar refractivity (Wildman–Crippen MR) is 116 cm³/mol. The van der Waals surface area contributed by atoms with Crippen LogP contribution in [0.1, 0.15) is 35.4 Å². The standard InChI is InChI=1S/C22H24BrN3O6/c23-18-9-14(5-6-19(18)32-13-17-4-2-8-31-17)21(28)24-25-22(29)15-10-20(27)26(11-15)12-16-3-1-7-30-16/h1,3,5-7,9,15,17H,2,4,8,10-13H2,(H,24,28)(H,25,29). The first kappa shape index (κ1) is 22.3. The highest BCUT2D eigenvalue weighted by Crippen LogP contribution is 2.27. The van der Waals surface area contributed by atoms with E-state index < -0.39 is 17.7 Å². The van der Waals surface area contributed by atoms with Crippen LogP contribution in [0.25, 0.3) is 0 Å². The summed E-state index contributed by atoms with van der Waals surface area (Å²) in [5.74, 6) is -0.289. The zero-order chi connectivity index (χ0) is 22.5. The Morgan fingerprint density at radius 2 is 2.12 bits per heavy atom. The first-order chi connectivity index (χ1) is 15.5. The number of nitrogens with zero attached hydrogens (tertiary/aromatic N) is 1. The number of halogens is 1. The van der Waals surface area contributed by atoms with Crippen molar-refractivity contribution in [2.24, 2.45) is 5.92 Å². The number of benzene rings is 1. The van der Waals surface area contributed by atoms with E-state index in [2.05, 4.69) is 26.8 Å². The van der Waals surface area contributed by atoms with Gasteiger partial charge in [0.25, 0.3) is 5.91 Å². The number of rotatable bonds is 7. The molecule has 0 bridgehead atoms. The molecule has 1 aromatic heterocycles. The van der Waals surface area contributed by atoms with E-state index in [1.54, 1.807) is 35.2 Å². The smallest absolute Gasteiger partial charge is 0.269 e. The fourth-order valence-corrected chi connectivity index (χ4v) is 4.19. The van der Waals surface area contributed by atoms with Crippen LogP contribution in [-0.4, -0.2) is 48.5 Å². The maximum Gasteiger partial charge on any atom is 0.269 e. The number of hydrogen-bond donors (Lipinski definition) is 2. The highest BCUT2D eigenvalue weighted by molar-refractivity contribution is 9.10. The van der Waals surface area contributed by atoms with Crippen LogP contribution >= 0.6 is 15.9 Å². The molecule has 32 heavy (non-hydrogen) atoms. The lowest BCUT2D eigenvalue weighted by Gasteiger charge is -2.15. The number of carbonyl (C=O) groups excluding carboxylic acids is 3. The molecule has 0 saturated carbocycles. The zero-order valence-corrected chi connectivity index (χ0v) is 18.9. The van der Waals surface area contributed by atoms with Crippen molar-refractivity contribution in [3.8, 4) is 5.75 Å². The van der Waals surface area contributed by atoms with Gasteiger partial charge in [0.15, 0.2) is 0 Å². The quantitative estimate of drug-likeness (QED) is 0.559. The van der Waals surface area contributed by atoms with Gasteiger partial charge in [0.1, 0.15) is 18.1 Å². The Morgan fingerprint density at radius 1 is 1.25 bits per heavy atom. The Labute approximate surface area is 193 Å². The molecule has 2 atom stereocenters. The second-order valence-electron chi connectivity index (χ2n) is 7.79. The van der Waals surface area contributed by atoms with E-state index in [0.29, 0.717) is 34.7 Å². The van der Waals surface area contributed by atoms with Crippen molar-refractivity contribution in [1.29, 1.82) is 0 Å². The number of furan rings is 1. The van der Waals surface area contributed by atoms with Crippen molar-refractivity contribution in [3.05, 3.63) is 52.4 Å². The van der Waals surface area contributed by atoms with Crippen molar-refractivity contribution < 1.29 is 28.3 Å². The largest absolute Gasteiger partial charge is 0.490 e. The van der Waals surface area contributed by atoms with Crippen LogP contribution in [0.4, 0.5) is 0 Å². The Morgan fingerprint density at radius 3 is 2.84 bits per heavy atom. The molecule has 1 aromatic carbocycles. The normalized spacial score (nSPS) is 20.4. The summed E-state index contributed by atoms with van der Waals surface area (Å²) in [5, 5.41) is 0. The third-order valence-electron chi connectivity index (χ3n) is 5.45. The molecule has 10 heteroatoms. The van der Waals surface area contributed by atoms with E-state index in [4.69, 9.17) is 13.9 Å². The fraction of sp³-hybridized carbons (Fsp3) is 0.409. The number of hydrazine groups is 1. The first-order valence-electron chi connectivity index (χ1n) is 10.4. The third kappa shape index (κ3) is 5.49. The summed E-state index contributed by atoms with van der Waals surface area (Å²) in [6, 6.07) is 8.45. The van der Waals surface area contributed by atoms with E-state index in [9.17, 15) is 14.4 Å². The lowest BCUT2D eigenvalue weighted by atomic mass is 10.1. The van der Waals surface area contributed by atoms with Gasteiger partial charge in [-0.2, -0.15) is 0 Å². The number of hydrogen-bond acceptors (Lipinski definition) is 6. The van der Waals surface area contributed by atoms with E-state index in [1.165, 1.54) is 6.26 Å². The van der Waals surface area contributed by atoms with Gasteiger partial charge in [-0.3, -0.25) is 25.2 Å².